The van der Waals surface area contributed by atoms with Gasteiger partial charge in [-0.1, -0.05) is 30.3 Å². The lowest BCUT2D eigenvalue weighted by Gasteiger charge is -2.30. The van der Waals surface area contributed by atoms with Crippen molar-refractivity contribution in [2.45, 2.75) is 19.4 Å². The molecule has 0 bridgehead atoms. The molecule has 30 heavy (non-hydrogen) atoms. The maximum absolute atomic E-state index is 13.1. The molecule has 0 aliphatic carbocycles. The predicted octanol–water partition coefficient (Wildman–Crippen LogP) is 0.414. The second-order valence-corrected chi connectivity index (χ2v) is 7.65. The molecule has 1 aliphatic heterocycles. The van der Waals surface area contributed by atoms with E-state index in [1.807, 2.05) is 30.3 Å². The van der Waals surface area contributed by atoms with E-state index in [0.717, 1.165) is 10.1 Å². The maximum Gasteiger partial charge on any atom is 0.329 e. The lowest BCUT2D eigenvalue weighted by molar-refractivity contribution is -0.123. The van der Waals surface area contributed by atoms with Crippen molar-refractivity contribution in [2.75, 3.05) is 13.1 Å². The number of nitrogens with zero attached hydrogens (tertiary/aromatic N) is 3. The van der Waals surface area contributed by atoms with Gasteiger partial charge in [0.05, 0.1) is 17.6 Å². The van der Waals surface area contributed by atoms with Crippen LogP contribution in [0.25, 0.3) is 11.0 Å². The SMILES string of the molecule is Cn1cc(C(=O)N2CCC(C(N)=O)CC2)c2[nH]c(=O)n(Cc3ccccc3)c(=O)c21. The number of carbonyl (C=O) groups is 2. The number of likely N-dealkylation sites (tertiary alicyclic amines) is 1. The Labute approximate surface area is 171 Å². The minimum Gasteiger partial charge on any atom is -0.369 e. The van der Waals surface area contributed by atoms with Gasteiger partial charge < -0.3 is 20.2 Å². The molecule has 9 heteroatoms. The van der Waals surface area contributed by atoms with Gasteiger partial charge in [-0.2, -0.15) is 0 Å². The number of amides is 2. The fraction of sp³-hybridized carbons (Fsp3) is 0.333. The van der Waals surface area contributed by atoms with Gasteiger partial charge in [0.2, 0.25) is 5.91 Å². The number of aromatic nitrogens is 3. The molecule has 3 heterocycles. The van der Waals surface area contributed by atoms with Crippen LogP contribution in [0.1, 0.15) is 28.8 Å². The number of primary amides is 1. The van der Waals surface area contributed by atoms with E-state index in [1.165, 1.54) is 0 Å². The molecule has 9 nitrogen and oxygen atoms in total. The van der Waals surface area contributed by atoms with E-state index in [0.29, 0.717) is 25.9 Å². The van der Waals surface area contributed by atoms with Crippen LogP contribution in [0.5, 0.6) is 0 Å². The molecule has 1 saturated heterocycles. The van der Waals surface area contributed by atoms with Gasteiger partial charge in [0.25, 0.3) is 11.5 Å². The summed E-state index contributed by atoms with van der Waals surface area (Å²) in [5.74, 6) is -0.860. The highest BCUT2D eigenvalue weighted by Gasteiger charge is 2.29. The monoisotopic (exact) mass is 409 g/mol. The van der Waals surface area contributed by atoms with Crippen molar-refractivity contribution in [3.63, 3.8) is 0 Å². The summed E-state index contributed by atoms with van der Waals surface area (Å²) in [5.41, 5.74) is 5.94. The van der Waals surface area contributed by atoms with E-state index in [4.69, 9.17) is 5.73 Å². The summed E-state index contributed by atoms with van der Waals surface area (Å²) in [6, 6.07) is 9.22. The van der Waals surface area contributed by atoms with Crippen LogP contribution in [-0.2, 0) is 18.4 Å². The standard InChI is InChI=1S/C21H23N5O4/c1-24-12-15(19(28)25-9-7-14(8-10-25)18(22)27)16-17(24)20(29)26(21(30)23-16)11-13-5-3-2-4-6-13/h2-6,12,14H,7-11H2,1H3,(H2,22,27)(H,23,30). The van der Waals surface area contributed by atoms with Crippen molar-refractivity contribution >= 4 is 22.8 Å². The third-order valence-corrected chi connectivity index (χ3v) is 5.70. The zero-order chi connectivity index (χ0) is 21.4. The Kier molecular flexibility index (Phi) is 5.03. The highest BCUT2D eigenvalue weighted by atomic mass is 16.2. The smallest absolute Gasteiger partial charge is 0.329 e. The molecule has 1 aliphatic rings. The Morgan fingerprint density at radius 2 is 1.80 bits per heavy atom. The minimum atomic E-state index is -0.566. The Hall–Kier alpha value is -3.62. The number of benzene rings is 1. The molecule has 0 radical (unpaired) electrons. The molecule has 3 aromatic rings. The summed E-state index contributed by atoms with van der Waals surface area (Å²) in [5, 5.41) is 0. The quantitative estimate of drug-likeness (QED) is 0.648. The largest absolute Gasteiger partial charge is 0.369 e. The van der Waals surface area contributed by atoms with Gasteiger partial charge in [0, 0.05) is 32.3 Å². The highest BCUT2D eigenvalue weighted by molar-refractivity contribution is 6.05. The van der Waals surface area contributed by atoms with Crippen LogP contribution in [0, 0.1) is 5.92 Å². The van der Waals surface area contributed by atoms with Gasteiger partial charge in [-0.25, -0.2) is 4.79 Å². The molecule has 1 aromatic carbocycles. The number of hydrogen-bond donors (Lipinski definition) is 2. The molecule has 2 aromatic heterocycles. The molecule has 0 saturated carbocycles. The van der Waals surface area contributed by atoms with Gasteiger partial charge in [0.15, 0.2) is 0 Å². The molecule has 0 spiro atoms. The van der Waals surface area contributed by atoms with Crippen LogP contribution in [0.4, 0.5) is 0 Å². The van der Waals surface area contributed by atoms with Crippen LogP contribution < -0.4 is 17.0 Å². The van der Waals surface area contributed by atoms with Crippen molar-refractivity contribution in [1.29, 1.82) is 0 Å². The van der Waals surface area contributed by atoms with E-state index in [2.05, 4.69) is 4.98 Å². The third kappa shape index (κ3) is 3.42. The van der Waals surface area contributed by atoms with Gasteiger partial charge in [0.1, 0.15) is 5.52 Å². The van der Waals surface area contributed by atoms with E-state index in [1.54, 1.807) is 22.7 Å². The topological polar surface area (TPSA) is 123 Å². The summed E-state index contributed by atoms with van der Waals surface area (Å²) < 4.78 is 2.70. The molecule has 0 unspecified atom stereocenters. The number of nitrogens with two attached hydrogens (primary N) is 1. The summed E-state index contributed by atoms with van der Waals surface area (Å²) in [7, 11) is 1.67. The average molecular weight is 409 g/mol. The third-order valence-electron chi connectivity index (χ3n) is 5.70. The number of rotatable bonds is 4. The van der Waals surface area contributed by atoms with Crippen molar-refractivity contribution < 1.29 is 9.59 Å². The van der Waals surface area contributed by atoms with Crippen LogP contribution in [0.15, 0.2) is 46.1 Å². The van der Waals surface area contributed by atoms with Crippen molar-refractivity contribution in [3.05, 3.63) is 68.5 Å². The van der Waals surface area contributed by atoms with E-state index in [9.17, 15) is 19.2 Å². The first kappa shape index (κ1) is 19.7. The fourth-order valence-electron chi connectivity index (χ4n) is 4.01. The summed E-state index contributed by atoms with van der Waals surface area (Å²) >= 11 is 0. The lowest BCUT2D eigenvalue weighted by atomic mass is 9.96. The maximum atomic E-state index is 13.1. The molecule has 1 fully saturated rings. The summed E-state index contributed by atoms with van der Waals surface area (Å²) in [6.07, 6.45) is 2.58. The Morgan fingerprint density at radius 1 is 1.13 bits per heavy atom. The summed E-state index contributed by atoms with van der Waals surface area (Å²) in [4.78, 5) is 54.5. The van der Waals surface area contributed by atoms with Crippen molar-refractivity contribution in [2.24, 2.45) is 18.7 Å². The van der Waals surface area contributed by atoms with Crippen LogP contribution in [-0.4, -0.2) is 43.9 Å². The highest BCUT2D eigenvalue weighted by Crippen LogP contribution is 2.22. The number of aryl methyl sites for hydroxylation is 1. The molecule has 2 amide bonds. The first-order valence-electron chi connectivity index (χ1n) is 9.81. The number of aromatic amines is 1. The second kappa shape index (κ2) is 7.66. The van der Waals surface area contributed by atoms with Gasteiger partial charge in [-0.3, -0.25) is 19.0 Å². The minimum absolute atomic E-state index is 0.139. The number of carbonyl (C=O) groups excluding carboxylic acids is 2. The van der Waals surface area contributed by atoms with Crippen LogP contribution in [0.2, 0.25) is 0 Å². The molecular formula is C21H23N5O4. The Balaban J connectivity index is 1.70. The molecule has 0 atom stereocenters. The first-order chi connectivity index (χ1) is 14.4. The normalized spacial score (nSPS) is 14.9. The number of fused-ring (bicyclic) bond motifs is 1. The predicted molar refractivity (Wildman–Crippen MR) is 111 cm³/mol. The molecule has 4 rings (SSSR count). The van der Waals surface area contributed by atoms with Crippen LogP contribution >= 0.6 is 0 Å². The fourth-order valence-corrected chi connectivity index (χ4v) is 4.01. The van der Waals surface area contributed by atoms with Crippen LogP contribution in [0.3, 0.4) is 0 Å². The van der Waals surface area contributed by atoms with E-state index < -0.39 is 11.2 Å². The van der Waals surface area contributed by atoms with Gasteiger partial charge in [-0.15, -0.1) is 0 Å². The second-order valence-electron chi connectivity index (χ2n) is 7.65. The molecule has 3 N–H and O–H groups in total. The van der Waals surface area contributed by atoms with Gasteiger partial charge in [-0.05, 0) is 18.4 Å². The number of H-pyrrole nitrogens is 1. The Morgan fingerprint density at radius 3 is 2.43 bits per heavy atom. The zero-order valence-corrected chi connectivity index (χ0v) is 16.6. The first-order valence-corrected chi connectivity index (χ1v) is 9.81. The number of nitrogens with one attached hydrogen (secondary N) is 1. The molecular weight excluding hydrogens is 386 g/mol. The zero-order valence-electron chi connectivity index (χ0n) is 16.6. The van der Waals surface area contributed by atoms with Gasteiger partial charge >= 0.3 is 5.69 Å². The number of piperidine rings is 1. The Bertz CT molecular complexity index is 1230. The lowest BCUT2D eigenvalue weighted by Crippen LogP contribution is -2.42. The number of hydrogen-bond acceptors (Lipinski definition) is 4. The van der Waals surface area contributed by atoms with E-state index >= 15 is 0 Å². The summed E-state index contributed by atoms with van der Waals surface area (Å²) in [6.45, 7) is 0.941. The molecule has 156 valence electrons. The average Bonchev–Trinajstić information content (AvgIpc) is 3.07. The van der Waals surface area contributed by atoms with Crippen molar-refractivity contribution in [3.8, 4) is 0 Å². The van der Waals surface area contributed by atoms with Crippen molar-refractivity contribution in [1.82, 2.24) is 19.0 Å². The van der Waals surface area contributed by atoms with E-state index in [-0.39, 0.29) is 40.9 Å².